The van der Waals surface area contributed by atoms with E-state index >= 15 is 0 Å². The minimum absolute atomic E-state index is 0.277. The molecule has 2 N–H and O–H groups in total. The van der Waals surface area contributed by atoms with Crippen molar-refractivity contribution in [2.24, 2.45) is 5.73 Å². The van der Waals surface area contributed by atoms with Gasteiger partial charge in [-0.1, -0.05) is 11.2 Å². The fourth-order valence-corrected chi connectivity index (χ4v) is 2.99. The standard InChI is InChI=1S/C13H17N5O2S/c14-11(19)8-17-3-5-18(6-4-17)9-12-15-13(16-20-12)10-2-1-7-21-10/h1-2,7H,3-6,8-9H2,(H2,14,19). The molecule has 1 fully saturated rings. The number of rotatable bonds is 5. The summed E-state index contributed by atoms with van der Waals surface area (Å²) >= 11 is 1.59. The number of piperazine rings is 1. The highest BCUT2D eigenvalue weighted by molar-refractivity contribution is 7.13. The number of thiophene rings is 1. The molecule has 0 saturated carbocycles. The topological polar surface area (TPSA) is 88.5 Å². The van der Waals surface area contributed by atoms with Crippen molar-refractivity contribution in [1.82, 2.24) is 19.9 Å². The first-order valence-corrected chi connectivity index (χ1v) is 7.68. The number of hydrogen-bond acceptors (Lipinski definition) is 7. The van der Waals surface area contributed by atoms with Crippen LogP contribution in [0.25, 0.3) is 10.7 Å². The third-order valence-corrected chi connectivity index (χ3v) is 4.28. The second-order valence-corrected chi connectivity index (χ2v) is 5.96. The van der Waals surface area contributed by atoms with Crippen molar-refractivity contribution in [3.8, 4) is 10.7 Å². The van der Waals surface area contributed by atoms with Crippen LogP contribution in [0.1, 0.15) is 5.89 Å². The highest BCUT2D eigenvalue weighted by Crippen LogP contribution is 2.21. The van der Waals surface area contributed by atoms with E-state index in [1.807, 2.05) is 17.5 Å². The Kier molecular flexibility index (Phi) is 4.28. The second-order valence-electron chi connectivity index (χ2n) is 5.01. The van der Waals surface area contributed by atoms with E-state index in [1.165, 1.54) is 0 Å². The van der Waals surface area contributed by atoms with E-state index in [-0.39, 0.29) is 5.91 Å². The van der Waals surface area contributed by atoms with Gasteiger partial charge in [0.2, 0.25) is 17.6 Å². The van der Waals surface area contributed by atoms with Crippen LogP contribution >= 0.6 is 11.3 Å². The quantitative estimate of drug-likeness (QED) is 0.860. The molecule has 1 saturated heterocycles. The fourth-order valence-electron chi connectivity index (χ4n) is 2.34. The van der Waals surface area contributed by atoms with Crippen LogP contribution in [-0.4, -0.2) is 58.6 Å². The van der Waals surface area contributed by atoms with Gasteiger partial charge in [-0.15, -0.1) is 11.3 Å². The molecule has 0 bridgehead atoms. The lowest BCUT2D eigenvalue weighted by Crippen LogP contribution is -2.48. The van der Waals surface area contributed by atoms with E-state index < -0.39 is 0 Å². The number of nitrogens with zero attached hydrogens (tertiary/aromatic N) is 4. The van der Waals surface area contributed by atoms with Crippen LogP contribution in [0.4, 0.5) is 0 Å². The Bertz CT molecular complexity index is 589. The first-order valence-electron chi connectivity index (χ1n) is 6.80. The summed E-state index contributed by atoms with van der Waals surface area (Å²) in [6.45, 7) is 4.36. The van der Waals surface area contributed by atoms with Gasteiger partial charge in [0, 0.05) is 26.2 Å². The van der Waals surface area contributed by atoms with Crippen LogP contribution in [0.3, 0.4) is 0 Å². The van der Waals surface area contributed by atoms with Gasteiger partial charge in [-0.3, -0.25) is 14.6 Å². The predicted octanol–water partition coefficient (Wildman–Crippen LogP) is 0.401. The zero-order chi connectivity index (χ0) is 14.7. The predicted molar refractivity (Wildman–Crippen MR) is 78.5 cm³/mol. The van der Waals surface area contributed by atoms with Crippen LogP contribution in [0.5, 0.6) is 0 Å². The Morgan fingerprint density at radius 2 is 2.10 bits per heavy atom. The maximum absolute atomic E-state index is 10.9. The molecule has 0 unspecified atom stereocenters. The molecule has 0 radical (unpaired) electrons. The maximum Gasteiger partial charge on any atom is 0.241 e. The highest BCUT2D eigenvalue weighted by atomic mass is 32.1. The van der Waals surface area contributed by atoms with E-state index in [9.17, 15) is 4.79 Å². The molecule has 2 aromatic heterocycles. The van der Waals surface area contributed by atoms with Crippen LogP contribution in [-0.2, 0) is 11.3 Å². The monoisotopic (exact) mass is 307 g/mol. The Morgan fingerprint density at radius 1 is 1.33 bits per heavy atom. The average Bonchev–Trinajstić information content (AvgIpc) is 3.11. The number of nitrogens with two attached hydrogens (primary N) is 1. The third kappa shape index (κ3) is 3.66. The van der Waals surface area contributed by atoms with Gasteiger partial charge in [0.1, 0.15) is 0 Å². The van der Waals surface area contributed by atoms with E-state index in [0.717, 1.165) is 31.1 Å². The summed E-state index contributed by atoms with van der Waals surface area (Å²) in [4.78, 5) is 20.6. The van der Waals surface area contributed by atoms with Crippen molar-refractivity contribution >= 4 is 17.2 Å². The molecule has 0 aromatic carbocycles. The first kappa shape index (κ1) is 14.2. The van der Waals surface area contributed by atoms with Crippen molar-refractivity contribution in [3.05, 3.63) is 23.4 Å². The highest BCUT2D eigenvalue weighted by Gasteiger charge is 2.20. The summed E-state index contributed by atoms with van der Waals surface area (Å²) in [6.07, 6.45) is 0. The molecule has 2 aromatic rings. The first-order chi connectivity index (χ1) is 10.2. The largest absolute Gasteiger partial charge is 0.369 e. The Labute approximate surface area is 126 Å². The smallest absolute Gasteiger partial charge is 0.241 e. The molecule has 3 rings (SSSR count). The molecule has 112 valence electrons. The molecular weight excluding hydrogens is 290 g/mol. The third-order valence-electron chi connectivity index (χ3n) is 3.41. The van der Waals surface area contributed by atoms with Gasteiger partial charge in [0.25, 0.3) is 0 Å². The Morgan fingerprint density at radius 3 is 2.76 bits per heavy atom. The number of hydrogen-bond donors (Lipinski definition) is 1. The number of carbonyl (C=O) groups excluding carboxylic acids is 1. The van der Waals surface area contributed by atoms with Gasteiger partial charge < -0.3 is 10.3 Å². The van der Waals surface area contributed by atoms with Crippen molar-refractivity contribution in [1.29, 1.82) is 0 Å². The number of aromatic nitrogens is 2. The summed E-state index contributed by atoms with van der Waals surface area (Å²) in [6, 6.07) is 3.94. The van der Waals surface area contributed by atoms with Gasteiger partial charge in [-0.05, 0) is 11.4 Å². The lowest BCUT2D eigenvalue weighted by molar-refractivity contribution is -0.119. The minimum atomic E-state index is -0.277. The second kappa shape index (κ2) is 6.33. The lowest BCUT2D eigenvalue weighted by atomic mass is 10.3. The minimum Gasteiger partial charge on any atom is -0.369 e. The fraction of sp³-hybridized carbons (Fsp3) is 0.462. The Hall–Kier alpha value is -1.77. The van der Waals surface area contributed by atoms with Gasteiger partial charge in [-0.25, -0.2) is 0 Å². The van der Waals surface area contributed by atoms with Crippen molar-refractivity contribution in [3.63, 3.8) is 0 Å². The van der Waals surface area contributed by atoms with E-state index in [1.54, 1.807) is 11.3 Å². The molecule has 1 aliphatic heterocycles. The van der Waals surface area contributed by atoms with Gasteiger partial charge in [0.05, 0.1) is 18.0 Å². The molecule has 0 spiro atoms. The normalized spacial score (nSPS) is 17.1. The molecule has 3 heterocycles. The van der Waals surface area contributed by atoms with Gasteiger partial charge >= 0.3 is 0 Å². The molecule has 0 atom stereocenters. The van der Waals surface area contributed by atoms with E-state index in [0.29, 0.717) is 24.8 Å². The van der Waals surface area contributed by atoms with Crippen molar-refractivity contribution < 1.29 is 9.32 Å². The van der Waals surface area contributed by atoms with Crippen LogP contribution in [0.15, 0.2) is 22.0 Å². The molecule has 8 heteroatoms. The van der Waals surface area contributed by atoms with Crippen LogP contribution in [0.2, 0.25) is 0 Å². The summed E-state index contributed by atoms with van der Waals surface area (Å²) in [5.74, 6) is 0.995. The summed E-state index contributed by atoms with van der Waals surface area (Å²) in [5.41, 5.74) is 5.20. The summed E-state index contributed by atoms with van der Waals surface area (Å²) < 4.78 is 5.30. The molecule has 1 amide bonds. The molecule has 0 aliphatic carbocycles. The SMILES string of the molecule is NC(=O)CN1CCN(Cc2nc(-c3cccs3)no2)CC1. The van der Waals surface area contributed by atoms with Crippen molar-refractivity contribution in [2.45, 2.75) is 6.54 Å². The number of amides is 1. The van der Waals surface area contributed by atoms with Crippen LogP contribution < -0.4 is 5.73 Å². The van der Waals surface area contributed by atoms with Gasteiger partial charge in [0.15, 0.2) is 0 Å². The number of carbonyl (C=O) groups is 1. The lowest BCUT2D eigenvalue weighted by Gasteiger charge is -2.32. The van der Waals surface area contributed by atoms with E-state index in [2.05, 4.69) is 19.9 Å². The maximum atomic E-state index is 10.9. The molecule has 1 aliphatic rings. The number of primary amides is 1. The molecule has 7 nitrogen and oxygen atoms in total. The van der Waals surface area contributed by atoms with Crippen molar-refractivity contribution in [2.75, 3.05) is 32.7 Å². The van der Waals surface area contributed by atoms with E-state index in [4.69, 9.17) is 10.3 Å². The molecule has 21 heavy (non-hydrogen) atoms. The molecular formula is C13H17N5O2S. The zero-order valence-electron chi connectivity index (χ0n) is 11.6. The zero-order valence-corrected chi connectivity index (χ0v) is 12.4. The Balaban J connectivity index is 1.53. The summed E-state index contributed by atoms with van der Waals surface area (Å²) in [5, 5.41) is 5.99. The van der Waals surface area contributed by atoms with Gasteiger partial charge in [-0.2, -0.15) is 4.98 Å². The summed E-state index contributed by atoms with van der Waals surface area (Å²) in [7, 11) is 0. The van der Waals surface area contributed by atoms with Crippen LogP contribution in [0, 0.1) is 0 Å². The average molecular weight is 307 g/mol.